The van der Waals surface area contributed by atoms with Crippen molar-refractivity contribution >= 4 is 34.2 Å². The quantitative estimate of drug-likeness (QED) is 0.605. The van der Waals surface area contributed by atoms with Crippen LogP contribution in [0.1, 0.15) is 15.9 Å². The summed E-state index contributed by atoms with van der Waals surface area (Å²) in [6.07, 6.45) is 0. The molecule has 0 amide bonds. The molecule has 0 saturated carbocycles. The maximum Gasteiger partial charge on any atom is 0.337 e. The zero-order chi connectivity index (χ0) is 16.1. The van der Waals surface area contributed by atoms with Crippen molar-refractivity contribution in [3.63, 3.8) is 0 Å². The monoisotopic (exact) mass is 351 g/mol. The molecule has 1 saturated heterocycles. The Balaban J connectivity index is 1.56. The minimum absolute atomic E-state index is 0.316. The fraction of sp³-hybridized carbons (Fsp3) is 0.400. The SMILES string of the molecule is COC(=O)c1ccc(CSc2nnc(N3CCOCC3)s2)cc1. The van der Waals surface area contributed by atoms with Crippen molar-refractivity contribution in [3.8, 4) is 0 Å². The van der Waals surface area contributed by atoms with Crippen LogP contribution in [0.4, 0.5) is 5.13 Å². The Bertz CT molecular complexity index is 654. The molecule has 0 bridgehead atoms. The first kappa shape index (κ1) is 16.2. The molecule has 1 aromatic carbocycles. The van der Waals surface area contributed by atoms with E-state index in [-0.39, 0.29) is 5.97 Å². The second-order valence-corrected chi connectivity index (χ2v) is 7.11. The van der Waals surface area contributed by atoms with E-state index in [1.807, 2.05) is 12.1 Å². The number of anilines is 1. The van der Waals surface area contributed by atoms with Gasteiger partial charge in [-0.2, -0.15) is 0 Å². The lowest BCUT2D eigenvalue weighted by atomic mass is 10.1. The summed E-state index contributed by atoms with van der Waals surface area (Å²) in [6, 6.07) is 7.42. The smallest absolute Gasteiger partial charge is 0.337 e. The molecule has 0 aliphatic carbocycles. The Morgan fingerprint density at radius 1 is 1.30 bits per heavy atom. The first-order valence-electron chi connectivity index (χ1n) is 7.22. The molecule has 0 atom stereocenters. The molecule has 23 heavy (non-hydrogen) atoms. The number of carbonyl (C=O) groups is 1. The van der Waals surface area contributed by atoms with Gasteiger partial charge in [-0.05, 0) is 17.7 Å². The Labute approximate surface area is 142 Å². The number of aromatic nitrogens is 2. The van der Waals surface area contributed by atoms with Gasteiger partial charge in [-0.1, -0.05) is 35.2 Å². The van der Waals surface area contributed by atoms with Crippen molar-refractivity contribution in [2.24, 2.45) is 0 Å². The molecule has 1 aliphatic heterocycles. The van der Waals surface area contributed by atoms with Gasteiger partial charge in [0.15, 0.2) is 4.34 Å². The van der Waals surface area contributed by atoms with Crippen molar-refractivity contribution in [3.05, 3.63) is 35.4 Å². The molecule has 8 heteroatoms. The van der Waals surface area contributed by atoms with E-state index in [4.69, 9.17) is 9.47 Å². The van der Waals surface area contributed by atoms with Gasteiger partial charge in [0, 0.05) is 18.8 Å². The zero-order valence-electron chi connectivity index (χ0n) is 12.7. The molecular formula is C15H17N3O3S2. The first-order chi connectivity index (χ1) is 11.3. The van der Waals surface area contributed by atoms with Gasteiger partial charge in [-0.25, -0.2) is 4.79 Å². The highest BCUT2D eigenvalue weighted by molar-refractivity contribution is 8.00. The molecule has 1 aromatic heterocycles. The minimum atomic E-state index is -0.316. The minimum Gasteiger partial charge on any atom is -0.465 e. The van der Waals surface area contributed by atoms with Gasteiger partial charge in [0.05, 0.1) is 25.9 Å². The van der Waals surface area contributed by atoms with Crippen molar-refractivity contribution in [2.45, 2.75) is 10.1 Å². The third-order valence-corrected chi connectivity index (χ3v) is 5.60. The van der Waals surface area contributed by atoms with Crippen LogP contribution >= 0.6 is 23.1 Å². The number of rotatable bonds is 5. The zero-order valence-corrected chi connectivity index (χ0v) is 14.4. The lowest BCUT2D eigenvalue weighted by Gasteiger charge is -2.25. The Kier molecular flexibility index (Phi) is 5.47. The molecule has 2 heterocycles. The highest BCUT2D eigenvalue weighted by atomic mass is 32.2. The van der Waals surface area contributed by atoms with E-state index < -0.39 is 0 Å². The normalized spacial score (nSPS) is 14.7. The van der Waals surface area contributed by atoms with E-state index in [1.54, 1.807) is 35.2 Å². The number of hydrogen-bond acceptors (Lipinski definition) is 8. The molecule has 0 radical (unpaired) electrons. The Morgan fingerprint density at radius 2 is 2.04 bits per heavy atom. The molecule has 122 valence electrons. The van der Waals surface area contributed by atoms with Gasteiger partial charge in [0.1, 0.15) is 0 Å². The standard InChI is InChI=1S/C15H17N3O3S2/c1-20-13(19)12-4-2-11(3-5-12)10-22-15-17-16-14(23-15)18-6-8-21-9-7-18/h2-5H,6-10H2,1H3. The van der Waals surface area contributed by atoms with Gasteiger partial charge >= 0.3 is 5.97 Å². The lowest BCUT2D eigenvalue weighted by Crippen LogP contribution is -2.36. The van der Waals surface area contributed by atoms with Crippen LogP contribution in [0.3, 0.4) is 0 Å². The number of hydrogen-bond donors (Lipinski definition) is 0. The van der Waals surface area contributed by atoms with Gasteiger partial charge < -0.3 is 14.4 Å². The second-order valence-electron chi connectivity index (χ2n) is 4.93. The maximum atomic E-state index is 11.4. The maximum absolute atomic E-state index is 11.4. The number of methoxy groups -OCH3 is 1. The highest BCUT2D eigenvalue weighted by Crippen LogP contribution is 2.30. The Morgan fingerprint density at radius 3 is 2.74 bits per heavy atom. The molecule has 0 N–H and O–H groups in total. The summed E-state index contributed by atoms with van der Waals surface area (Å²) in [5.41, 5.74) is 1.69. The average molecular weight is 351 g/mol. The molecule has 3 rings (SSSR count). The van der Waals surface area contributed by atoms with Gasteiger partial charge in [-0.3, -0.25) is 0 Å². The van der Waals surface area contributed by atoms with Crippen molar-refractivity contribution in [1.82, 2.24) is 10.2 Å². The number of carbonyl (C=O) groups excluding carboxylic acids is 1. The summed E-state index contributed by atoms with van der Waals surface area (Å²) >= 11 is 3.26. The first-order valence-corrected chi connectivity index (χ1v) is 9.03. The summed E-state index contributed by atoms with van der Waals surface area (Å²) in [7, 11) is 1.38. The third kappa shape index (κ3) is 4.21. The van der Waals surface area contributed by atoms with Crippen LogP contribution in [0.25, 0.3) is 0 Å². The van der Waals surface area contributed by atoms with Crippen LogP contribution in [-0.2, 0) is 15.2 Å². The second kappa shape index (κ2) is 7.76. The summed E-state index contributed by atoms with van der Waals surface area (Å²) in [5.74, 6) is 0.475. The summed E-state index contributed by atoms with van der Waals surface area (Å²) in [5, 5.41) is 9.45. The number of thioether (sulfide) groups is 1. The van der Waals surface area contributed by atoms with Crippen LogP contribution in [0.15, 0.2) is 28.6 Å². The summed E-state index contributed by atoms with van der Waals surface area (Å²) < 4.78 is 11.0. The predicted molar refractivity (Wildman–Crippen MR) is 90.3 cm³/mol. The van der Waals surface area contributed by atoms with Crippen molar-refractivity contribution in [2.75, 3.05) is 38.3 Å². The van der Waals surface area contributed by atoms with E-state index in [0.29, 0.717) is 5.56 Å². The topological polar surface area (TPSA) is 64.5 Å². The van der Waals surface area contributed by atoms with E-state index in [1.165, 1.54) is 7.11 Å². The number of nitrogens with zero attached hydrogens (tertiary/aromatic N) is 3. The van der Waals surface area contributed by atoms with E-state index in [0.717, 1.165) is 47.1 Å². The molecule has 0 unspecified atom stereocenters. The average Bonchev–Trinajstić information content (AvgIpc) is 3.09. The van der Waals surface area contributed by atoms with Gasteiger partial charge in [-0.15, -0.1) is 10.2 Å². The molecule has 0 spiro atoms. The highest BCUT2D eigenvalue weighted by Gasteiger charge is 2.16. The third-order valence-electron chi connectivity index (χ3n) is 3.41. The van der Waals surface area contributed by atoms with Crippen LogP contribution in [-0.4, -0.2) is 49.6 Å². The largest absolute Gasteiger partial charge is 0.465 e. The van der Waals surface area contributed by atoms with E-state index in [9.17, 15) is 4.79 Å². The molecule has 2 aromatic rings. The Hall–Kier alpha value is -1.64. The van der Waals surface area contributed by atoms with Crippen LogP contribution < -0.4 is 4.90 Å². The number of ether oxygens (including phenoxy) is 2. The molecular weight excluding hydrogens is 334 g/mol. The lowest BCUT2D eigenvalue weighted by molar-refractivity contribution is 0.0600. The number of esters is 1. The molecule has 6 nitrogen and oxygen atoms in total. The predicted octanol–water partition coefficient (Wildman–Crippen LogP) is 2.45. The van der Waals surface area contributed by atoms with Gasteiger partial charge in [0.2, 0.25) is 5.13 Å². The van der Waals surface area contributed by atoms with Crippen LogP contribution in [0.5, 0.6) is 0 Å². The fourth-order valence-corrected chi connectivity index (χ4v) is 3.99. The summed E-state index contributed by atoms with van der Waals surface area (Å²) in [4.78, 5) is 13.6. The molecule has 1 aliphatic rings. The molecule has 1 fully saturated rings. The fourth-order valence-electron chi connectivity index (χ4n) is 2.14. The number of morpholine rings is 1. The van der Waals surface area contributed by atoms with E-state index in [2.05, 4.69) is 15.1 Å². The van der Waals surface area contributed by atoms with Crippen molar-refractivity contribution < 1.29 is 14.3 Å². The van der Waals surface area contributed by atoms with Crippen molar-refractivity contribution in [1.29, 1.82) is 0 Å². The van der Waals surface area contributed by atoms with Crippen LogP contribution in [0.2, 0.25) is 0 Å². The number of benzene rings is 1. The summed E-state index contributed by atoms with van der Waals surface area (Å²) in [6.45, 7) is 3.23. The van der Waals surface area contributed by atoms with Gasteiger partial charge in [0.25, 0.3) is 0 Å². The van der Waals surface area contributed by atoms with E-state index >= 15 is 0 Å². The van der Waals surface area contributed by atoms with Crippen LogP contribution in [0, 0.1) is 0 Å².